The highest BCUT2D eigenvalue weighted by Gasteiger charge is 2.32. The van der Waals surface area contributed by atoms with E-state index in [0.717, 1.165) is 17.7 Å². The fraction of sp³-hybridized carbons (Fsp3) is 0.316. The molecule has 0 radical (unpaired) electrons. The van der Waals surface area contributed by atoms with Crippen molar-refractivity contribution in [2.45, 2.75) is 29.9 Å². The molecular formula is C19H20FNO3S. The maximum absolute atomic E-state index is 13.0. The van der Waals surface area contributed by atoms with Crippen molar-refractivity contribution in [1.29, 1.82) is 0 Å². The highest BCUT2D eigenvalue weighted by atomic mass is 32.2. The van der Waals surface area contributed by atoms with Gasteiger partial charge in [0.25, 0.3) is 5.91 Å². The first-order valence-electron chi connectivity index (χ1n) is 8.23. The molecule has 2 aromatic carbocycles. The van der Waals surface area contributed by atoms with E-state index >= 15 is 0 Å². The lowest BCUT2D eigenvalue weighted by Crippen LogP contribution is -2.42. The van der Waals surface area contributed by atoms with Crippen LogP contribution < -0.4 is 0 Å². The Hall–Kier alpha value is -2.21. The Morgan fingerprint density at radius 2 is 1.56 bits per heavy atom. The molecular weight excluding hydrogens is 341 g/mol. The van der Waals surface area contributed by atoms with Gasteiger partial charge in [-0.25, -0.2) is 12.8 Å². The van der Waals surface area contributed by atoms with Crippen molar-refractivity contribution >= 4 is 15.7 Å². The average Bonchev–Trinajstić information content (AvgIpc) is 2.62. The monoisotopic (exact) mass is 361 g/mol. The Morgan fingerprint density at radius 1 is 1.00 bits per heavy atom. The zero-order valence-electron chi connectivity index (χ0n) is 14.0. The molecule has 1 fully saturated rings. The number of carbonyl (C=O) groups is 1. The molecule has 3 rings (SSSR count). The molecule has 2 aromatic rings. The Morgan fingerprint density at radius 3 is 2.12 bits per heavy atom. The van der Waals surface area contributed by atoms with Crippen molar-refractivity contribution in [1.82, 2.24) is 4.90 Å². The van der Waals surface area contributed by atoms with Gasteiger partial charge in [0.15, 0.2) is 9.84 Å². The molecule has 1 saturated heterocycles. The number of amides is 1. The van der Waals surface area contributed by atoms with E-state index in [1.54, 1.807) is 17.0 Å². The summed E-state index contributed by atoms with van der Waals surface area (Å²) in [5, 5.41) is -0.542. The standard InChI is InChI=1S/C19H20FNO3S/c1-14-2-4-15(5-3-14)19(22)21-12-10-18(11-13-21)25(23,24)17-8-6-16(20)7-9-17/h2-9,18H,10-13H2,1H3. The van der Waals surface area contributed by atoms with Gasteiger partial charge in [-0.1, -0.05) is 17.7 Å². The number of carbonyl (C=O) groups excluding carboxylic acids is 1. The maximum Gasteiger partial charge on any atom is 0.253 e. The molecule has 1 aliphatic heterocycles. The number of hydrogen-bond acceptors (Lipinski definition) is 3. The number of sulfone groups is 1. The summed E-state index contributed by atoms with van der Waals surface area (Å²) in [6, 6.07) is 12.3. The molecule has 0 aliphatic carbocycles. The average molecular weight is 361 g/mol. The van der Waals surface area contributed by atoms with Crippen molar-refractivity contribution in [2.75, 3.05) is 13.1 Å². The quantitative estimate of drug-likeness (QED) is 0.789. The Balaban J connectivity index is 1.68. The van der Waals surface area contributed by atoms with Crippen molar-refractivity contribution in [3.8, 4) is 0 Å². The predicted molar refractivity (Wildman–Crippen MR) is 93.7 cm³/mol. The van der Waals surface area contributed by atoms with E-state index in [0.29, 0.717) is 31.5 Å². The Kier molecular flexibility index (Phi) is 4.90. The second-order valence-corrected chi connectivity index (χ2v) is 8.58. The summed E-state index contributed by atoms with van der Waals surface area (Å²) in [6.07, 6.45) is 0.772. The Bertz CT molecular complexity index is 853. The molecule has 1 aliphatic rings. The first kappa shape index (κ1) is 17.6. The third-order valence-electron chi connectivity index (χ3n) is 4.61. The second-order valence-electron chi connectivity index (χ2n) is 6.36. The molecule has 1 amide bonds. The summed E-state index contributed by atoms with van der Waals surface area (Å²) in [6.45, 7) is 2.76. The van der Waals surface area contributed by atoms with E-state index in [1.165, 1.54) is 12.1 Å². The van der Waals surface area contributed by atoms with E-state index in [4.69, 9.17) is 0 Å². The molecule has 0 aromatic heterocycles. The van der Waals surface area contributed by atoms with Crippen molar-refractivity contribution in [3.05, 3.63) is 65.5 Å². The largest absolute Gasteiger partial charge is 0.339 e. The van der Waals surface area contributed by atoms with E-state index in [1.807, 2.05) is 19.1 Å². The van der Waals surface area contributed by atoms with Crippen LogP contribution in [0.5, 0.6) is 0 Å². The Labute approximate surface area is 147 Å². The number of benzene rings is 2. The van der Waals surface area contributed by atoms with E-state index < -0.39 is 20.9 Å². The molecule has 0 N–H and O–H groups in total. The van der Waals surface area contributed by atoms with Crippen LogP contribution in [0.3, 0.4) is 0 Å². The van der Waals surface area contributed by atoms with Gasteiger partial charge in [0.05, 0.1) is 10.1 Å². The van der Waals surface area contributed by atoms with Gasteiger partial charge in [0.2, 0.25) is 0 Å². The van der Waals surface area contributed by atoms with Crippen LogP contribution in [-0.4, -0.2) is 37.6 Å². The maximum atomic E-state index is 13.0. The van der Waals surface area contributed by atoms with Crippen molar-refractivity contribution < 1.29 is 17.6 Å². The molecule has 132 valence electrons. The number of piperidine rings is 1. The lowest BCUT2D eigenvalue weighted by Gasteiger charge is -2.31. The van der Waals surface area contributed by atoms with Gasteiger partial charge >= 0.3 is 0 Å². The summed E-state index contributed by atoms with van der Waals surface area (Å²) in [5.41, 5.74) is 1.70. The third kappa shape index (κ3) is 3.74. The van der Waals surface area contributed by atoms with Crippen LogP contribution in [0.4, 0.5) is 4.39 Å². The van der Waals surface area contributed by atoms with Gasteiger partial charge in [0.1, 0.15) is 5.82 Å². The normalized spacial score (nSPS) is 16.0. The number of halogens is 1. The first-order chi connectivity index (χ1) is 11.9. The van der Waals surface area contributed by atoms with Crippen LogP contribution in [-0.2, 0) is 9.84 Å². The molecule has 6 heteroatoms. The zero-order chi connectivity index (χ0) is 18.0. The van der Waals surface area contributed by atoms with Gasteiger partial charge < -0.3 is 4.90 Å². The molecule has 25 heavy (non-hydrogen) atoms. The summed E-state index contributed by atoms with van der Waals surface area (Å²) in [4.78, 5) is 14.3. The highest BCUT2D eigenvalue weighted by Crippen LogP contribution is 2.25. The first-order valence-corrected chi connectivity index (χ1v) is 9.78. The summed E-state index contributed by atoms with van der Waals surface area (Å²) in [5.74, 6) is -0.532. The molecule has 0 bridgehead atoms. The molecule has 1 heterocycles. The van der Waals surface area contributed by atoms with Crippen molar-refractivity contribution in [3.63, 3.8) is 0 Å². The molecule has 0 unspecified atom stereocenters. The molecule has 4 nitrogen and oxygen atoms in total. The highest BCUT2D eigenvalue weighted by molar-refractivity contribution is 7.92. The SMILES string of the molecule is Cc1ccc(C(=O)N2CCC(S(=O)(=O)c3ccc(F)cc3)CC2)cc1. The zero-order valence-corrected chi connectivity index (χ0v) is 14.8. The number of aryl methyl sites for hydroxylation is 1. The summed E-state index contributed by atoms with van der Waals surface area (Å²) in [7, 11) is -3.50. The topological polar surface area (TPSA) is 54.5 Å². The van der Waals surface area contributed by atoms with Gasteiger partial charge in [-0.15, -0.1) is 0 Å². The van der Waals surface area contributed by atoms with Crippen LogP contribution in [0.2, 0.25) is 0 Å². The van der Waals surface area contributed by atoms with Crippen LogP contribution >= 0.6 is 0 Å². The minimum absolute atomic E-state index is 0.0716. The van der Waals surface area contributed by atoms with E-state index in [9.17, 15) is 17.6 Å². The van der Waals surface area contributed by atoms with E-state index in [2.05, 4.69) is 0 Å². The van der Waals surface area contributed by atoms with Crippen LogP contribution in [0.1, 0.15) is 28.8 Å². The lowest BCUT2D eigenvalue weighted by atomic mass is 10.1. The fourth-order valence-corrected chi connectivity index (χ4v) is 4.80. The molecule has 0 atom stereocenters. The van der Waals surface area contributed by atoms with Crippen LogP contribution in [0.25, 0.3) is 0 Å². The van der Waals surface area contributed by atoms with Crippen LogP contribution in [0.15, 0.2) is 53.4 Å². The predicted octanol–water partition coefficient (Wildman–Crippen LogP) is 3.21. The molecule has 0 spiro atoms. The minimum atomic E-state index is -3.50. The fourth-order valence-electron chi connectivity index (χ4n) is 3.06. The number of likely N-dealkylation sites (tertiary alicyclic amines) is 1. The van der Waals surface area contributed by atoms with Gasteiger partial charge in [-0.3, -0.25) is 4.79 Å². The summed E-state index contributed by atoms with van der Waals surface area (Å²) >= 11 is 0. The number of rotatable bonds is 3. The summed E-state index contributed by atoms with van der Waals surface area (Å²) < 4.78 is 38.3. The lowest BCUT2D eigenvalue weighted by molar-refractivity contribution is 0.0725. The van der Waals surface area contributed by atoms with Crippen LogP contribution in [0, 0.1) is 12.7 Å². The smallest absolute Gasteiger partial charge is 0.253 e. The molecule has 0 saturated carbocycles. The van der Waals surface area contributed by atoms with Gasteiger partial charge in [-0.2, -0.15) is 0 Å². The van der Waals surface area contributed by atoms with Crippen molar-refractivity contribution in [2.24, 2.45) is 0 Å². The number of hydrogen-bond donors (Lipinski definition) is 0. The number of nitrogens with zero attached hydrogens (tertiary/aromatic N) is 1. The van der Waals surface area contributed by atoms with Gasteiger partial charge in [0, 0.05) is 18.7 Å². The third-order valence-corrected chi connectivity index (χ3v) is 6.89. The minimum Gasteiger partial charge on any atom is -0.339 e. The van der Waals surface area contributed by atoms with E-state index in [-0.39, 0.29) is 10.8 Å². The second kappa shape index (κ2) is 6.96. The van der Waals surface area contributed by atoms with Gasteiger partial charge in [-0.05, 0) is 56.2 Å².